The second-order valence-corrected chi connectivity index (χ2v) is 5.49. The SMILES string of the molecule is CCNC(c1cccc(C2CCC2)c1)C(C)OCC. The van der Waals surface area contributed by atoms with Gasteiger partial charge in [0.1, 0.15) is 0 Å². The van der Waals surface area contributed by atoms with E-state index in [0.717, 1.165) is 19.1 Å². The lowest BCUT2D eigenvalue weighted by atomic mass is 9.79. The van der Waals surface area contributed by atoms with E-state index < -0.39 is 0 Å². The van der Waals surface area contributed by atoms with Gasteiger partial charge in [-0.15, -0.1) is 0 Å². The number of hydrogen-bond donors (Lipinski definition) is 1. The molecule has 1 aromatic carbocycles. The van der Waals surface area contributed by atoms with Crippen LogP contribution in [0.3, 0.4) is 0 Å². The average molecular weight is 261 g/mol. The van der Waals surface area contributed by atoms with Gasteiger partial charge in [-0.2, -0.15) is 0 Å². The summed E-state index contributed by atoms with van der Waals surface area (Å²) in [6, 6.07) is 9.38. The Labute approximate surface area is 117 Å². The van der Waals surface area contributed by atoms with Crippen LogP contribution in [0, 0.1) is 0 Å². The van der Waals surface area contributed by atoms with E-state index in [1.165, 1.54) is 30.4 Å². The van der Waals surface area contributed by atoms with Gasteiger partial charge in [0.05, 0.1) is 12.1 Å². The van der Waals surface area contributed by atoms with E-state index in [1.54, 1.807) is 0 Å². The van der Waals surface area contributed by atoms with Crippen molar-refractivity contribution in [1.29, 1.82) is 0 Å². The number of likely N-dealkylation sites (N-methyl/N-ethyl adjacent to an activating group) is 1. The van der Waals surface area contributed by atoms with Crippen molar-refractivity contribution in [1.82, 2.24) is 5.32 Å². The fraction of sp³-hybridized carbons (Fsp3) is 0.647. The third-order valence-corrected chi connectivity index (χ3v) is 4.17. The highest BCUT2D eigenvalue weighted by Gasteiger charge is 2.22. The van der Waals surface area contributed by atoms with Gasteiger partial charge in [-0.25, -0.2) is 0 Å². The maximum atomic E-state index is 5.79. The Hall–Kier alpha value is -0.860. The van der Waals surface area contributed by atoms with Crippen LogP contribution in [0.1, 0.15) is 63.1 Å². The van der Waals surface area contributed by atoms with Crippen molar-refractivity contribution in [3.8, 4) is 0 Å². The van der Waals surface area contributed by atoms with E-state index in [2.05, 4.69) is 50.4 Å². The van der Waals surface area contributed by atoms with Crippen LogP contribution in [-0.2, 0) is 4.74 Å². The van der Waals surface area contributed by atoms with Gasteiger partial charge in [0.25, 0.3) is 0 Å². The summed E-state index contributed by atoms with van der Waals surface area (Å²) >= 11 is 0. The lowest BCUT2D eigenvalue weighted by Gasteiger charge is -2.29. The summed E-state index contributed by atoms with van der Waals surface area (Å²) in [6.45, 7) is 8.11. The molecule has 1 aliphatic carbocycles. The van der Waals surface area contributed by atoms with Crippen molar-refractivity contribution >= 4 is 0 Å². The van der Waals surface area contributed by atoms with E-state index in [9.17, 15) is 0 Å². The first-order valence-electron chi connectivity index (χ1n) is 7.71. The first kappa shape index (κ1) is 14.5. The second-order valence-electron chi connectivity index (χ2n) is 5.49. The zero-order valence-corrected chi connectivity index (χ0v) is 12.5. The van der Waals surface area contributed by atoms with Gasteiger partial charge in [0.15, 0.2) is 0 Å². The Kier molecular flexibility index (Phi) is 5.41. The van der Waals surface area contributed by atoms with E-state index in [0.29, 0.717) is 6.04 Å². The standard InChI is InChI=1S/C17H27NO/c1-4-18-17(13(3)19-5-2)16-11-7-10-15(12-16)14-8-6-9-14/h7,10-14,17-18H,4-6,8-9H2,1-3H3. The Morgan fingerprint density at radius 3 is 2.68 bits per heavy atom. The van der Waals surface area contributed by atoms with Crippen LogP contribution in [-0.4, -0.2) is 19.3 Å². The smallest absolute Gasteiger partial charge is 0.0741 e. The first-order valence-corrected chi connectivity index (χ1v) is 7.71. The van der Waals surface area contributed by atoms with E-state index in [1.807, 2.05) is 0 Å². The molecule has 0 bridgehead atoms. The van der Waals surface area contributed by atoms with Crippen molar-refractivity contribution < 1.29 is 4.74 Å². The predicted octanol–water partition coefficient (Wildman–Crippen LogP) is 4.03. The van der Waals surface area contributed by atoms with Crippen LogP contribution in [0.5, 0.6) is 0 Å². The van der Waals surface area contributed by atoms with Crippen molar-refractivity contribution in [2.45, 2.75) is 58.1 Å². The molecule has 2 atom stereocenters. The van der Waals surface area contributed by atoms with Gasteiger partial charge < -0.3 is 10.1 Å². The van der Waals surface area contributed by atoms with Crippen LogP contribution in [0.4, 0.5) is 0 Å². The highest BCUT2D eigenvalue weighted by Crippen LogP contribution is 2.37. The quantitative estimate of drug-likeness (QED) is 0.800. The van der Waals surface area contributed by atoms with E-state index in [4.69, 9.17) is 4.74 Å². The second kappa shape index (κ2) is 7.06. The minimum Gasteiger partial charge on any atom is -0.377 e. The van der Waals surface area contributed by atoms with Crippen LogP contribution in [0.2, 0.25) is 0 Å². The molecule has 106 valence electrons. The molecule has 2 rings (SSSR count). The van der Waals surface area contributed by atoms with Crippen molar-refractivity contribution in [3.05, 3.63) is 35.4 Å². The molecular formula is C17H27NO. The zero-order chi connectivity index (χ0) is 13.7. The Balaban J connectivity index is 2.15. The van der Waals surface area contributed by atoms with Gasteiger partial charge >= 0.3 is 0 Å². The predicted molar refractivity (Wildman–Crippen MR) is 80.5 cm³/mol. The Morgan fingerprint density at radius 1 is 1.32 bits per heavy atom. The molecule has 2 heteroatoms. The van der Waals surface area contributed by atoms with Gasteiger partial charge in [-0.05, 0) is 50.3 Å². The summed E-state index contributed by atoms with van der Waals surface area (Å²) in [4.78, 5) is 0. The lowest BCUT2D eigenvalue weighted by Crippen LogP contribution is -2.32. The summed E-state index contributed by atoms with van der Waals surface area (Å²) in [5.74, 6) is 0.796. The monoisotopic (exact) mass is 261 g/mol. The minimum atomic E-state index is 0.210. The summed E-state index contributed by atoms with van der Waals surface area (Å²) in [5, 5.41) is 3.56. The molecule has 1 aliphatic rings. The van der Waals surface area contributed by atoms with Crippen molar-refractivity contribution in [2.75, 3.05) is 13.2 Å². The number of hydrogen-bond acceptors (Lipinski definition) is 2. The maximum absolute atomic E-state index is 5.79. The minimum absolute atomic E-state index is 0.210. The summed E-state index contributed by atoms with van der Waals surface area (Å²) in [7, 11) is 0. The van der Waals surface area contributed by atoms with Crippen LogP contribution in [0.15, 0.2) is 24.3 Å². The fourth-order valence-electron chi connectivity index (χ4n) is 2.88. The van der Waals surface area contributed by atoms with Crippen LogP contribution >= 0.6 is 0 Å². The third-order valence-electron chi connectivity index (χ3n) is 4.17. The number of benzene rings is 1. The highest BCUT2D eigenvalue weighted by atomic mass is 16.5. The number of rotatable bonds is 7. The molecule has 1 aromatic rings. The molecule has 0 heterocycles. The van der Waals surface area contributed by atoms with Gasteiger partial charge in [-0.3, -0.25) is 0 Å². The Morgan fingerprint density at radius 2 is 2.11 bits per heavy atom. The van der Waals surface area contributed by atoms with Gasteiger partial charge in [0, 0.05) is 6.61 Å². The molecule has 19 heavy (non-hydrogen) atoms. The van der Waals surface area contributed by atoms with Crippen LogP contribution < -0.4 is 5.32 Å². The summed E-state index contributed by atoms with van der Waals surface area (Å²) in [5.41, 5.74) is 2.88. The normalized spacial score (nSPS) is 18.9. The van der Waals surface area contributed by atoms with E-state index >= 15 is 0 Å². The molecule has 0 saturated heterocycles. The molecule has 0 radical (unpaired) electrons. The number of nitrogens with one attached hydrogen (secondary N) is 1. The van der Waals surface area contributed by atoms with Gasteiger partial charge in [0.2, 0.25) is 0 Å². The molecule has 0 amide bonds. The molecule has 1 N–H and O–H groups in total. The topological polar surface area (TPSA) is 21.3 Å². The fourth-order valence-corrected chi connectivity index (χ4v) is 2.88. The van der Waals surface area contributed by atoms with Crippen molar-refractivity contribution in [3.63, 3.8) is 0 Å². The average Bonchev–Trinajstić information content (AvgIpc) is 2.34. The molecule has 1 fully saturated rings. The number of ether oxygens (including phenoxy) is 1. The molecule has 2 unspecified atom stereocenters. The van der Waals surface area contributed by atoms with Crippen LogP contribution in [0.25, 0.3) is 0 Å². The summed E-state index contributed by atoms with van der Waals surface area (Å²) < 4.78 is 5.79. The molecule has 0 aliphatic heterocycles. The third kappa shape index (κ3) is 3.58. The first-order chi connectivity index (χ1) is 9.26. The molecule has 0 aromatic heterocycles. The molecule has 1 saturated carbocycles. The Bertz CT molecular complexity index is 387. The summed E-state index contributed by atoms with van der Waals surface area (Å²) in [6.07, 6.45) is 4.31. The zero-order valence-electron chi connectivity index (χ0n) is 12.5. The van der Waals surface area contributed by atoms with Gasteiger partial charge in [-0.1, -0.05) is 37.6 Å². The molecule has 0 spiro atoms. The van der Waals surface area contributed by atoms with E-state index in [-0.39, 0.29) is 6.10 Å². The molecular weight excluding hydrogens is 234 g/mol. The maximum Gasteiger partial charge on any atom is 0.0741 e. The largest absolute Gasteiger partial charge is 0.377 e. The lowest BCUT2D eigenvalue weighted by molar-refractivity contribution is 0.0476. The van der Waals surface area contributed by atoms with Crippen molar-refractivity contribution in [2.24, 2.45) is 0 Å². The highest BCUT2D eigenvalue weighted by molar-refractivity contribution is 5.30. The molecule has 2 nitrogen and oxygen atoms in total.